The second-order valence-corrected chi connectivity index (χ2v) is 9.11. The molecule has 0 unspecified atom stereocenters. The molecular weight excluding hydrogens is 409 g/mol. The van der Waals surface area contributed by atoms with Gasteiger partial charge in [-0.3, -0.25) is 9.59 Å². The highest BCUT2D eigenvalue weighted by molar-refractivity contribution is 7.94. The Balaban J connectivity index is 1.89. The lowest BCUT2D eigenvalue weighted by molar-refractivity contribution is -0.137. The fraction of sp³-hybridized carbons (Fsp3) is 0.263. The van der Waals surface area contributed by atoms with Crippen molar-refractivity contribution in [3.63, 3.8) is 0 Å². The molecule has 1 aliphatic heterocycles. The molecule has 10 heteroatoms. The molecule has 0 radical (unpaired) electrons. The van der Waals surface area contributed by atoms with E-state index in [-0.39, 0.29) is 22.7 Å². The minimum Gasteiger partial charge on any atom is -0.322 e. The number of rotatable bonds is 3. The minimum atomic E-state index is -4.56. The summed E-state index contributed by atoms with van der Waals surface area (Å²) in [6, 6.07) is 9.47. The third-order valence-corrected chi connectivity index (χ3v) is 6.39. The maximum Gasteiger partial charge on any atom is 0.416 e. The van der Waals surface area contributed by atoms with Crippen LogP contribution in [0, 0.1) is 5.41 Å². The van der Waals surface area contributed by atoms with E-state index in [1.165, 1.54) is 44.2 Å². The van der Waals surface area contributed by atoms with Crippen molar-refractivity contribution >= 4 is 33.2 Å². The monoisotopic (exact) mass is 426 g/mol. The van der Waals surface area contributed by atoms with Crippen LogP contribution < -0.4 is 9.62 Å². The molecule has 0 atom stereocenters. The number of sulfonamides is 1. The van der Waals surface area contributed by atoms with E-state index < -0.39 is 39.0 Å². The van der Waals surface area contributed by atoms with Crippen LogP contribution in [0.5, 0.6) is 0 Å². The van der Waals surface area contributed by atoms with E-state index in [1.54, 1.807) is 0 Å². The van der Waals surface area contributed by atoms with E-state index in [1.807, 2.05) is 0 Å². The van der Waals surface area contributed by atoms with Gasteiger partial charge in [0.1, 0.15) is 0 Å². The van der Waals surface area contributed by atoms with Crippen molar-refractivity contribution in [2.24, 2.45) is 5.41 Å². The van der Waals surface area contributed by atoms with E-state index in [0.29, 0.717) is 4.31 Å². The normalized spacial score (nSPS) is 18.0. The zero-order valence-corrected chi connectivity index (χ0v) is 16.3. The van der Waals surface area contributed by atoms with Crippen LogP contribution in [0.1, 0.15) is 29.8 Å². The first-order valence-electron chi connectivity index (χ1n) is 8.47. The summed E-state index contributed by atoms with van der Waals surface area (Å²) in [5.41, 5.74) is -2.10. The van der Waals surface area contributed by atoms with E-state index in [4.69, 9.17) is 0 Å². The van der Waals surface area contributed by atoms with Crippen molar-refractivity contribution in [1.29, 1.82) is 0 Å². The van der Waals surface area contributed by atoms with Crippen molar-refractivity contribution in [2.45, 2.75) is 20.0 Å². The summed E-state index contributed by atoms with van der Waals surface area (Å²) in [7, 11) is -3.89. The van der Waals surface area contributed by atoms with Gasteiger partial charge >= 0.3 is 6.18 Å². The first kappa shape index (κ1) is 20.8. The minimum absolute atomic E-state index is 0.00253. The number of anilines is 2. The molecule has 0 spiro atoms. The number of carbonyl (C=O) groups excluding carboxylic acids is 2. The van der Waals surface area contributed by atoms with Gasteiger partial charge in [0.2, 0.25) is 15.9 Å². The van der Waals surface area contributed by atoms with Crippen molar-refractivity contribution in [2.75, 3.05) is 15.4 Å². The number of nitrogens with one attached hydrogen (secondary N) is 1. The zero-order chi connectivity index (χ0) is 21.6. The average Bonchev–Trinajstić information content (AvgIpc) is 2.77. The topological polar surface area (TPSA) is 83.6 Å². The molecule has 1 fully saturated rings. The Morgan fingerprint density at radius 3 is 2.34 bits per heavy atom. The molecule has 29 heavy (non-hydrogen) atoms. The van der Waals surface area contributed by atoms with E-state index >= 15 is 0 Å². The molecule has 2 aromatic carbocycles. The standard InChI is InChI=1S/C19H17F3N2O4S/c1-18(2)11-29(27,28)24(17(18)26)15-8-3-5-12(9-15)16(25)23-14-7-4-6-13(10-14)19(20,21)22/h3-10H,11H2,1-2H3,(H,23,25). The molecule has 1 N–H and O–H groups in total. The Hall–Kier alpha value is -2.88. The number of hydrogen-bond donors (Lipinski definition) is 1. The highest BCUT2D eigenvalue weighted by atomic mass is 32.2. The first-order chi connectivity index (χ1) is 13.3. The number of nitrogens with zero attached hydrogens (tertiary/aromatic N) is 1. The molecule has 2 aromatic rings. The third-order valence-electron chi connectivity index (χ3n) is 4.38. The van der Waals surface area contributed by atoms with E-state index in [2.05, 4.69) is 5.32 Å². The van der Waals surface area contributed by atoms with Crippen molar-refractivity contribution in [3.8, 4) is 0 Å². The van der Waals surface area contributed by atoms with Gasteiger partial charge in [-0.2, -0.15) is 13.2 Å². The maximum atomic E-state index is 12.8. The second-order valence-electron chi connectivity index (χ2n) is 7.29. The lowest BCUT2D eigenvalue weighted by Crippen LogP contribution is -2.33. The molecule has 0 bridgehead atoms. The molecule has 1 aliphatic rings. The molecule has 0 aromatic heterocycles. The smallest absolute Gasteiger partial charge is 0.322 e. The van der Waals surface area contributed by atoms with Crippen LogP contribution in [0.4, 0.5) is 24.5 Å². The molecular formula is C19H17F3N2O4S. The van der Waals surface area contributed by atoms with Crippen LogP contribution in [-0.4, -0.2) is 26.0 Å². The largest absolute Gasteiger partial charge is 0.416 e. The molecule has 1 heterocycles. The molecule has 3 rings (SSSR count). The van der Waals surface area contributed by atoms with Gasteiger partial charge in [0, 0.05) is 11.3 Å². The average molecular weight is 426 g/mol. The summed E-state index contributed by atoms with van der Waals surface area (Å²) < 4.78 is 63.9. The fourth-order valence-electron chi connectivity index (χ4n) is 3.01. The van der Waals surface area contributed by atoms with Crippen molar-refractivity contribution in [1.82, 2.24) is 0 Å². The summed E-state index contributed by atoms with van der Waals surface area (Å²) >= 11 is 0. The number of benzene rings is 2. The van der Waals surface area contributed by atoms with Crippen molar-refractivity contribution < 1.29 is 31.2 Å². The van der Waals surface area contributed by atoms with Crippen LogP contribution in [0.15, 0.2) is 48.5 Å². The summed E-state index contributed by atoms with van der Waals surface area (Å²) in [6.45, 7) is 3.02. The highest BCUT2D eigenvalue weighted by Gasteiger charge is 2.50. The van der Waals surface area contributed by atoms with Gasteiger partial charge in [0.15, 0.2) is 0 Å². The SMILES string of the molecule is CC1(C)CS(=O)(=O)N(c2cccc(C(=O)Nc3cccc(C(F)(F)F)c3)c2)C1=O. The Morgan fingerprint density at radius 1 is 1.10 bits per heavy atom. The van der Waals surface area contributed by atoms with E-state index in [0.717, 1.165) is 18.2 Å². The van der Waals surface area contributed by atoms with E-state index in [9.17, 15) is 31.2 Å². The van der Waals surface area contributed by atoms with Crippen LogP contribution in [-0.2, 0) is 21.0 Å². The molecule has 2 amide bonds. The Morgan fingerprint density at radius 2 is 1.76 bits per heavy atom. The molecule has 1 saturated heterocycles. The summed E-state index contributed by atoms with van der Waals surface area (Å²) in [5, 5.41) is 2.34. The van der Waals surface area contributed by atoms with Crippen LogP contribution in [0.2, 0.25) is 0 Å². The molecule has 0 saturated carbocycles. The van der Waals surface area contributed by atoms with Gasteiger partial charge in [-0.15, -0.1) is 0 Å². The Bertz CT molecular complexity index is 1090. The highest BCUT2D eigenvalue weighted by Crippen LogP contribution is 2.36. The van der Waals surface area contributed by atoms with Gasteiger partial charge < -0.3 is 5.32 Å². The maximum absolute atomic E-state index is 12.8. The number of alkyl halides is 3. The third kappa shape index (κ3) is 4.12. The van der Waals surface area contributed by atoms with Gasteiger partial charge in [0.25, 0.3) is 5.91 Å². The Kier molecular flexibility index (Phi) is 4.94. The lowest BCUT2D eigenvalue weighted by Gasteiger charge is -2.18. The predicted octanol–water partition coefficient (Wildman–Crippen LogP) is 3.66. The number of halogens is 3. The molecule has 154 valence electrons. The lowest BCUT2D eigenvalue weighted by atomic mass is 9.95. The van der Waals surface area contributed by atoms with Crippen LogP contribution in [0.3, 0.4) is 0 Å². The summed E-state index contributed by atoms with van der Waals surface area (Å²) in [4.78, 5) is 25.0. The fourth-order valence-corrected chi connectivity index (χ4v) is 5.11. The van der Waals surface area contributed by atoms with Crippen LogP contribution in [0.25, 0.3) is 0 Å². The Labute approximate surface area is 165 Å². The summed E-state index contributed by atoms with van der Waals surface area (Å²) in [5.74, 6) is -1.72. The molecule has 6 nitrogen and oxygen atoms in total. The van der Waals surface area contributed by atoms with Gasteiger partial charge in [0.05, 0.1) is 22.4 Å². The van der Waals surface area contributed by atoms with Gasteiger partial charge in [-0.25, -0.2) is 12.7 Å². The quantitative estimate of drug-likeness (QED) is 0.812. The summed E-state index contributed by atoms with van der Waals surface area (Å²) in [6.07, 6.45) is -4.56. The first-order valence-corrected chi connectivity index (χ1v) is 10.1. The second kappa shape index (κ2) is 6.87. The predicted molar refractivity (Wildman–Crippen MR) is 101 cm³/mol. The number of amides is 2. The van der Waals surface area contributed by atoms with Crippen LogP contribution >= 0.6 is 0 Å². The van der Waals surface area contributed by atoms with Crippen molar-refractivity contribution in [3.05, 3.63) is 59.7 Å². The van der Waals surface area contributed by atoms with Gasteiger partial charge in [-0.05, 0) is 50.2 Å². The molecule has 0 aliphatic carbocycles. The number of hydrogen-bond acceptors (Lipinski definition) is 4. The number of carbonyl (C=O) groups is 2. The van der Waals surface area contributed by atoms with Gasteiger partial charge in [-0.1, -0.05) is 12.1 Å². The zero-order valence-electron chi connectivity index (χ0n) is 15.4.